The molecule has 5 rings (SSSR count). The maximum Gasteiger partial charge on any atom is 0.326 e. The molecule has 0 fully saturated rings. The zero-order valence-electron chi connectivity index (χ0n) is 25.9. The average molecular weight is 656 g/mol. The Morgan fingerprint density at radius 3 is 1.75 bits per heavy atom. The predicted octanol–water partition coefficient (Wildman–Crippen LogP) is 0.532. The summed E-state index contributed by atoms with van der Waals surface area (Å²) in [7, 11) is 0. The van der Waals surface area contributed by atoms with Gasteiger partial charge < -0.3 is 47.5 Å². The lowest BCUT2D eigenvalue weighted by atomic mass is 10.0. The quantitative estimate of drug-likeness (QED) is 0.0723. The van der Waals surface area contributed by atoms with E-state index in [0.717, 1.165) is 27.4 Å². The number of para-hydroxylation sites is 2. The Labute approximate surface area is 274 Å². The number of aromatic amines is 3. The van der Waals surface area contributed by atoms with E-state index in [2.05, 4.69) is 35.9 Å². The van der Waals surface area contributed by atoms with Gasteiger partial charge >= 0.3 is 5.97 Å². The molecule has 0 aliphatic rings. The summed E-state index contributed by atoms with van der Waals surface area (Å²) in [5, 5.41) is 19.5. The number of carboxylic acid groups (broad SMARTS) is 1. The fourth-order valence-corrected chi connectivity index (χ4v) is 5.53. The van der Waals surface area contributed by atoms with Crippen LogP contribution in [0.5, 0.6) is 0 Å². The monoisotopic (exact) mass is 655 g/mol. The zero-order chi connectivity index (χ0) is 34.2. The number of carboxylic acids is 1. The topological polar surface area (TPSA) is 254 Å². The molecule has 3 heterocycles. The van der Waals surface area contributed by atoms with Crippen molar-refractivity contribution in [1.29, 1.82) is 0 Å². The second-order valence-electron chi connectivity index (χ2n) is 11.5. The Kier molecular flexibility index (Phi) is 10.5. The largest absolute Gasteiger partial charge is 0.480 e. The van der Waals surface area contributed by atoms with Crippen LogP contribution in [0, 0.1) is 0 Å². The van der Waals surface area contributed by atoms with E-state index in [1.54, 1.807) is 12.4 Å². The molecule has 0 saturated carbocycles. The first-order valence-corrected chi connectivity index (χ1v) is 15.3. The SMILES string of the molecule is NC(=O)CCC(N)C(=O)NC(Cc1c[nH]c2ccccc12)C(=O)NC(Cc1c[nH]c2ccccc12)C(=O)NC(Cc1cnc[nH]1)C(=O)O. The third kappa shape index (κ3) is 8.24. The summed E-state index contributed by atoms with van der Waals surface area (Å²) >= 11 is 0. The number of carbonyl (C=O) groups is 5. The lowest BCUT2D eigenvalue weighted by Crippen LogP contribution is -2.58. The minimum atomic E-state index is -1.33. The van der Waals surface area contributed by atoms with Crippen LogP contribution in [0.15, 0.2) is 73.4 Å². The van der Waals surface area contributed by atoms with Gasteiger partial charge in [-0.05, 0) is 29.7 Å². The standard InChI is InChI=1S/C33H37N9O6/c34-23(9-10-29(35)43)30(44)40-26(11-18-14-37-24-7-3-1-5-21(18)24)31(45)41-27(12-19-15-38-25-8-4-2-6-22(19)25)32(46)42-28(33(47)48)13-20-16-36-17-39-20/h1-8,14-17,23,26-28,37-38H,9-13,34H2,(H2,35,43)(H,36,39)(H,40,44)(H,41,45)(H,42,46)(H,47,48). The number of amides is 4. The number of nitrogens with one attached hydrogen (secondary N) is 6. The number of aromatic nitrogens is 4. The van der Waals surface area contributed by atoms with Crippen molar-refractivity contribution in [2.24, 2.45) is 11.5 Å². The molecule has 15 nitrogen and oxygen atoms in total. The first-order valence-electron chi connectivity index (χ1n) is 15.3. The molecule has 15 heteroatoms. The summed E-state index contributed by atoms with van der Waals surface area (Å²) < 4.78 is 0. The molecule has 11 N–H and O–H groups in total. The van der Waals surface area contributed by atoms with E-state index in [1.165, 1.54) is 12.5 Å². The summed E-state index contributed by atoms with van der Waals surface area (Å²) in [5.41, 5.74) is 14.8. The van der Waals surface area contributed by atoms with E-state index in [4.69, 9.17) is 11.5 Å². The van der Waals surface area contributed by atoms with Crippen molar-refractivity contribution in [2.75, 3.05) is 0 Å². The van der Waals surface area contributed by atoms with E-state index in [9.17, 15) is 29.1 Å². The van der Waals surface area contributed by atoms with Gasteiger partial charge in [0.1, 0.15) is 18.1 Å². The van der Waals surface area contributed by atoms with Gasteiger partial charge in [-0.25, -0.2) is 9.78 Å². The van der Waals surface area contributed by atoms with Crippen LogP contribution in [0.2, 0.25) is 0 Å². The number of imidazole rings is 1. The third-order valence-electron chi connectivity index (χ3n) is 8.10. The van der Waals surface area contributed by atoms with Gasteiger partial charge in [0, 0.05) is 71.8 Å². The maximum absolute atomic E-state index is 14.0. The van der Waals surface area contributed by atoms with Crippen molar-refractivity contribution < 1.29 is 29.1 Å². The van der Waals surface area contributed by atoms with Gasteiger partial charge in [-0.3, -0.25) is 19.2 Å². The minimum Gasteiger partial charge on any atom is -0.480 e. The average Bonchev–Trinajstić information content (AvgIpc) is 3.83. The van der Waals surface area contributed by atoms with Gasteiger partial charge in [-0.15, -0.1) is 0 Å². The Morgan fingerprint density at radius 2 is 1.25 bits per heavy atom. The smallest absolute Gasteiger partial charge is 0.326 e. The van der Waals surface area contributed by atoms with Crippen molar-refractivity contribution in [3.05, 3.63) is 90.3 Å². The van der Waals surface area contributed by atoms with E-state index in [-0.39, 0.29) is 32.1 Å². The van der Waals surface area contributed by atoms with Crippen molar-refractivity contribution >= 4 is 51.4 Å². The second-order valence-corrected chi connectivity index (χ2v) is 11.5. The second kappa shape index (κ2) is 15.1. The number of nitrogens with two attached hydrogens (primary N) is 2. The number of carbonyl (C=O) groups excluding carboxylic acids is 4. The molecule has 0 aliphatic carbocycles. The first-order chi connectivity index (χ1) is 23.1. The van der Waals surface area contributed by atoms with Crippen molar-refractivity contribution in [3.63, 3.8) is 0 Å². The molecule has 4 amide bonds. The summed E-state index contributed by atoms with van der Waals surface area (Å²) in [6.45, 7) is 0. The Balaban J connectivity index is 1.42. The molecule has 4 unspecified atom stereocenters. The fourth-order valence-electron chi connectivity index (χ4n) is 5.53. The number of H-pyrrole nitrogens is 3. The van der Waals surface area contributed by atoms with E-state index < -0.39 is 53.8 Å². The van der Waals surface area contributed by atoms with Crippen LogP contribution in [0.25, 0.3) is 21.8 Å². The number of primary amides is 1. The number of fused-ring (bicyclic) bond motifs is 2. The van der Waals surface area contributed by atoms with Gasteiger partial charge in [0.25, 0.3) is 0 Å². The lowest BCUT2D eigenvalue weighted by molar-refractivity contribution is -0.142. The van der Waals surface area contributed by atoms with Crippen LogP contribution in [-0.4, -0.2) is 78.8 Å². The molecule has 3 aromatic heterocycles. The maximum atomic E-state index is 14.0. The summed E-state index contributed by atoms with van der Waals surface area (Å²) in [6, 6.07) is 9.97. The molecule has 2 aromatic carbocycles. The highest BCUT2D eigenvalue weighted by Gasteiger charge is 2.32. The molecule has 0 bridgehead atoms. The number of hydrogen-bond acceptors (Lipinski definition) is 7. The van der Waals surface area contributed by atoms with Gasteiger partial charge in [-0.1, -0.05) is 36.4 Å². The van der Waals surface area contributed by atoms with Gasteiger partial charge in [0.15, 0.2) is 0 Å². The molecular weight excluding hydrogens is 618 g/mol. The highest BCUT2D eigenvalue weighted by molar-refractivity contribution is 5.95. The first kappa shape index (κ1) is 33.4. The van der Waals surface area contributed by atoms with Crippen LogP contribution in [0.1, 0.15) is 29.7 Å². The molecule has 0 spiro atoms. The van der Waals surface area contributed by atoms with Gasteiger partial charge in [0.05, 0.1) is 12.4 Å². The molecule has 0 saturated heterocycles. The van der Waals surface area contributed by atoms with Crippen LogP contribution >= 0.6 is 0 Å². The van der Waals surface area contributed by atoms with Crippen LogP contribution in [0.4, 0.5) is 0 Å². The molecule has 0 radical (unpaired) electrons. The van der Waals surface area contributed by atoms with Gasteiger partial charge in [-0.2, -0.15) is 0 Å². The van der Waals surface area contributed by atoms with Crippen molar-refractivity contribution in [2.45, 2.75) is 56.3 Å². The normalized spacial score (nSPS) is 13.8. The summed E-state index contributed by atoms with van der Waals surface area (Å²) in [5.74, 6) is -4.01. The lowest BCUT2D eigenvalue weighted by Gasteiger charge is -2.25. The van der Waals surface area contributed by atoms with Crippen LogP contribution < -0.4 is 27.4 Å². The fraction of sp³-hybridized carbons (Fsp3) is 0.273. The van der Waals surface area contributed by atoms with Gasteiger partial charge in [0.2, 0.25) is 23.6 Å². The minimum absolute atomic E-state index is 0.00383. The number of hydrogen-bond donors (Lipinski definition) is 9. The number of rotatable bonds is 16. The highest BCUT2D eigenvalue weighted by atomic mass is 16.4. The third-order valence-corrected chi connectivity index (χ3v) is 8.10. The summed E-state index contributed by atoms with van der Waals surface area (Å²) in [4.78, 5) is 77.4. The summed E-state index contributed by atoms with van der Waals surface area (Å²) in [6.07, 6.45) is 6.12. The molecule has 5 aromatic rings. The van der Waals surface area contributed by atoms with Crippen molar-refractivity contribution in [3.8, 4) is 0 Å². The molecule has 48 heavy (non-hydrogen) atoms. The number of benzene rings is 2. The Morgan fingerprint density at radius 1 is 0.729 bits per heavy atom. The van der Waals surface area contributed by atoms with Crippen LogP contribution in [0.3, 0.4) is 0 Å². The van der Waals surface area contributed by atoms with E-state index in [0.29, 0.717) is 11.3 Å². The Bertz CT molecular complexity index is 1910. The molecule has 0 aliphatic heterocycles. The molecular formula is C33H37N9O6. The molecule has 4 atom stereocenters. The Hall–Kier alpha value is -5.96. The predicted molar refractivity (Wildman–Crippen MR) is 176 cm³/mol. The number of nitrogens with zero attached hydrogens (tertiary/aromatic N) is 1. The zero-order valence-corrected chi connectivity index (χ0v) is 25.9. The van der Waals surface area contributed by atoms with Crippen LogP contribution in [-0.2, 0) is 43.2 Å². The molecule has 250 valence electrons. The van der Waals surface area contributed by atoms with E-state index >= 15 is 0 Å². The highest BCUT2D eigenvalue weighted by Crippen LogP contribution is 2.21. The van der Waals surface area contributed by atoms with Crippen molar-refractivity contribution in [1.82, 2.24) is 35.9 Å². The number of aliphatic carboxylic acids is 1. The van der Waals surface area contributed by atoms with E-state index in [1.807, 2.05) is 48.5 Å².